The Bertz CT molecular complexity index is 275. The quantitative estimate of drug-likeness (QED) is 0.599. The first-order chi connectivity index (χ1) is 5.38. The van der Waals surface area contributed by atoms with Crippen LogP contribution in [0.5, 0.6) is 0 Å². The molecule has 1 aromatic carbocycles. The van der Waals surface area contributed by atoms with Gasteiger partial charge in [-0.1, -0.05) is 18.2 Å². The van der Waals surface area contributed by atoms with Gasteiger partial charge in [-0.05, 0) is 18.1 Å². The van der Waals surface area contributed by atoms with Crippen LogP contribution in [0.3, 0.4) is 0 Å². The maximum absolute atomic E-state index is 8.69. The minimum absolute atomic E-state index is 0.801. The molecule has 2 radical (unpaired) electrons. The van der Waals surface area contributed by atoms with E-state index in [0.29, 0.717) is 0 Å². The standard InChI is InChI=1S/C9H8N.Al/c1-2-8-5-3-4-6-9(8)7-10;/h3-6H,1-2H2;. The second-order valence-electron chi connectivity index (χ2n) is 2.31. The SMILES string of the molecule is N#Cc1ccccc1C[CH2][Al]. The molecule has 1 rings (SSSR count). The van der Waals surface area contributed by atoms with Crippen LogP contribution in [0.25, 0.3) is 0 Å². The summed E-state index contributed by atoms with van der Waals surface area (Å²) in [6.45, 7) is 0. The first-order valence-electron chi connectivity index (χ1n) is 3.56. The number of hydrogen-bond donors (Lipinski definition) is 0. The van der Waals surface area contributed by atoms with E-state index in [9.17, 15) is 0 Å². The van der Waals surface area contributed by atoms with Crippen molar-refractivity contribution in [3.63, 3.8) is 0 Å². The lowest BCUT2D eigenvalue weighted by Gasteiger charge is -1.99. The number of nitriles is 1. The normalized spacial score (nSPS) is 9.00. The van der Waals surface area contributed by atoms with Crippen LogP contribution in [0.2, 0.25) is 5.28 Å². The van der Waals surface area contributed by atoms with Gasteiger partial charge in [-0.3, -0.25) is 0 Å². The van der Waals surface area contributed by atoms with E-state index in [1.807, 2.05) is 24.3 Å². The summed E-state index contributed by atoms with van der Waals surface area (Å²) in [6, 6.07) is 9.89. The van der Waals surface area contributed by atoms with Crippen molar-refractivity contribution in [1.82, 2.24) is 0 Å². The third kappa shape index (κ3) is 2.09. The van der Waals surface area contributed by atoms with E-state index in [4.69, 9.17) is 5.26 Å². The molecule has 0 spiro atoms. The number of aryl methyl sites for hydroxylation is 1. The van der Waals surface area contributed by atoms with E-state index in [-0.39, 0.29) is 0 Å². The highest BCUT2D eigenvalue weighted by atomic mass is 27.0. The minimum atomic E-state index is 0.801. The summed E-state index contributed by atoms with van der Waals surface area (Å²) in [5.41, 5.74) is 1.94. The van der Waals surface area contributed by atoms with E-state index in [1.165, 1.54) is 0 Å². The maximum atomic E-state index is 8.69. The van der Waals surface area contributed by atoms with Gasteiger partial charge in [0.05, 0.1) is 11.6 Å². The number of nitrogens with zero attached hydrogens (tertiary/aromatic N) is 1. The van der Waals surface area contributed by atoms with Crippen LogP contribution >= 0.6 is 0 Å². The molecule has 0 saturated heterocycles. The van der Waals surface area contributed by atoms with Gasteiger partial charge in [0.1, 0.15) is 16.3 Å². The predicted molar refractivity (Wildman–Crippen MR) is 45.4 cm³/mol. The van der Waals surface area contributed by atoms with Crippen molar-refractivity contribution < 1.29 is 0 Å². The highest BCUT2D eigenvalue weighted by molar-refractivity contribution is 6.08. The summed E-state index contributed by atoms with van der Waals surface area (Å²) in [5, 5.41) is 9.70. The monoisotopic (exact) mass is 157 g/mol. The fourth-order valence-electron chi connectivity index (χ4n) is 1.00. The Morgan fingerprint density at radius 2 is 2.09 bits per heavy atom. The van der Waals surface area contributed by atoms with Crippen molar-refractivity contribution in [1.29, 1.82) is 5.26 Å². The molecule has 1 aromatic rings. The molecule has 0 atom stereocenters. The first kappa shape index (κ1) is 8.34. The van der Waals surface area contributed by atoms with Gasteiger partial charge in [0.25, 0.3) is 0 Å². The number of hydrogen-bond acceptors (Lipinski definition) is 1. The summed E-state index contributed by atoms with van der Waals surface area (Å²) in [4.78, 5) is 0. The fraction of sp³-hybridized carbons (Fsp3) is 0.222. The molecular weight excluding hydrogens is 149 g/mol. The van der Waals surface area contributed by atoms with Gasteiger partial charge in [-0.2, -0.15) is 5.26 Å². The Kier molecular flexibility index (Phi) is 3.18. The van der Waals surface area contributed by atoms with E-state index in [0.717, 1.165) is 22.8 Å². The van der Waals surface area contributed by atoms with Gasteiger partial charge >= 0.3 is 0 Å². The molecule has 0 saturated carbocycles. The molecule has 0 bridgehead atoms. The molecular formula is C9H8AlN. The van der Waals surface area contributed by atoms with Gasteiger partial charge in [0, 0.05) is 0 Å². The van der Waals surface area contributed by atoms with Crippen LogP contribution in [0.4, 0.5) is 0 Å². The Morgan fingerprint density at radius 1 is 1.36 bits per heavy atom. The van der Waals surface area contributed by atoms with Crippen molar-refractivity contribution in [2.75, 3.05) is 0 Å². The molecule has 0 unspecified atom stereocenters. The molecule has 0 aliphatic rings. The molecule has 0 amide bonds. The van der Waals surface area contributed by atoms with Crippen LogP contribution in [0.15, 0.2) is 24.3 Å². The molecule has 0 aromatic heterocycles. The predicted octanol–water partition coefficient (Wildman–Crippen LogP) is 1.69. The second-order valence-corrected chi connectivity index (χ2v) is 2.88. The van der Waals surface area contributed by atoms with E-state index in [2.05, 4.69) is 22.4 Å². The smallest absolute Gasteiger partial charge is 0.118 e. The summed E-state index contributed by atoms with van der Waals surface area (Å²) in [7, 11) is 0. The molecule has 0 aliphatic carbocycles. The third-order valence-electron chi connectivity index (χ3n) is 1.55. The Hall–Kier alpha value is -0.758. The molecule has 2 heteroatoms. The second kappa shape index (κ2) is 4.19. The van der Waals surface area contributed by atoms with Gasteiger partial charge in [-0.25, -0.2) is 0 Å². The zero-order chi connectivity index (χ0) is 8.10. The highest BCUT2D eigenvalue weighted by Gasteiger charge is 1.96. The summed E-state index contributed by atoms with van der Waals surface area (Å²) in [6.07, 6.45) is 0.967. The van der Waals surface area contributed by atoms with Crippen molar-refractivity contribution in [3.8, 4) is 6.07 Å². The van der Waals surface area contributed by atoms with Gasteiger partial charge in [0.15, 0.2) is 0 Å². The third-order valence-corrected chi connectivity index (χ3v) is 1.84. The van der Waals surface area contributed by atoms with E-state index >= 15 is 0 Å². The highest BCUT2D eigenvalue weighted by Crippen LogP contribution is 2.08. The van der Waals surface area contributed by atoms with Gasteiger partial charge in [-0.15, -0.1) is 5.28 Å². The van der Waals surface area contributed by atoms with Crippen LogP contribution in [0.1, 0.15) is 11.1 Å². The van der Waals surface area contributed by atoms with Crippen LogP contribution in [-0.4, -0.2) is 16.3 Å². The molecule has 0 heterocycles. The molecule has 52 valence electrons. The molecule has 1 nitrogen and oxygen atoms in total. The zero-order valence-electron chi connectivity index (χ0n) is 6.25. The average Bonchev–Trinajstić information content (AvgIpc) is 2.06. The van der Waals surface area contributed by atoms with Crippen LogP contribution in [-0.2, 0) is 6.42 Å². The minimum Gasteiger partial charge on any atom is -0.192 e. The van der Waals surface area contributed by atoms with Crippen LogP contribution in [0, 0.1) is 11.3 Å². The fourth-order valence-corrected chi connectivity index (χ4v) is 1.31. The Labute approximate surface area is 75.1 Å². The number of benzene rings is 1. The van der Waals surface area contributed by atoms with Crippen molar-refractivity contribution >= 4 is 16.3 Å². The number of rotatable bonds is 2. The lowest BCUT2D eigenvalue weighted by Crippen LogP contribution is -1.88. The summed E-state index contributed by atoms with van der Waals surface area (Å²) < 4.78 is 0. The van der Waals surface area contributed by atoms with Crippen LogP contribution < -0.4 is 0 Å². The average molecular weight is 157 g/mol. The zero-order valence-corrected chi connectivity index (χ0v) is 7.40. The topological polar surface area (TPSA) is 23.8 Å². The maximum Gasteiger partial charge on any atom is 0.118 e. The largest absolute Gasteiger partial charge is 0.192 e. The van der Waals surface area contributed by atoms with E-state index in [1.54, 1.807) is 0 Å². The molecule has 0 fully saturated rings. The van der Waals surface area contributed by atoms with Gasteiger partial charge in [0.2, 0.25) is 0 Å². The summed E-state index contributed by atoms with van der Waals surface area (Å²) >= 11 is 2.66. The Morgan fingerprint density at radius 3 is 2.73 bits per heavy atom. The van der Waals surface area contributed by atoms with E-state index < -0.39 is 0 Å². The molecule has 11 heavy (non-hydrogen) atoms. The lowest BCUT2D eigenvalue weighted by molar-refractivity contribution is 1.12. The molecule has 0 aliphatic heterocycles. The lowest BCUT2D eigenvalue weighted by atomic mass is 10.1. The van der Waals surface area contributed by atoms with Crippen molar-refractivity contribution in [2.45, 2.75) is 11.7 Å². The van der Waals surface area contributed by atoms with Gasteiger partial charge < -0.3 is 0 Å². The molecule has 0 N–H and O–H groups in total. The van der Waals surface area contributed by atoms with Crippen molar-refractivity contribution in [3.05, 3.63) is 35.4 Å². The summed E-state index contributed by atoms with van der Waals surface area (Å²) in [5.74, 6) is 0. The first-order valence-corrected chi connectivity index (χ1v) is 4.38. The van der Waals surface area contributed by atoms with Crippen molar-refractivity contribution in [2.24, 2.45) is 0 Å². The Balaban J connectivity index is 2.95.